The van der Waals surface area contributed by atoms with Gasteiger partial charge in [-0.05, 0) is 19.3 Å². The molecule has 1 aliphatic carbocycles. The summed E-state index contributed by atoms with van der Waals surface area (Å²) in [5, 5.41) is 6.77. The Labute approximate surface area is 128 Å². The average molecular weight is 295 g/mol. The van der Waals surface area contributed by atoms with Crippen molar-refractivity contribution in [3.8, 4) is 0 Å². The molecule has 6 nitrogen and oxygen atoms in total. The second kappa shape index (κ2) is 7.64. The van der Waals surface area contributed by atoms with E-state index in [1.807, 2.05) is 4.90 Å². The molecule has 120 valence electrons. The third kappa shape index (κ3) is 5.19. The largest absolute Gasteiger partial charge is 0.357 e. The van der Waals surface area contributed by atoms with Crippen LogP contribution in [0.3, 0.4) is 0 Å². The van der Waals surface area contributed by atoms with Crippen molar-refractivity contribution in [2.75, 3.05) is 45.8 Å². The molecular formula is C15H29N5O. The molecule has 1 saturated heterocycles. The highest BCUT2D eigenvalue weighted by Crippen LogP contribution is 2.28. The van der Waals surface area contributed by atoms with Gasteiger partial charge in [-0.25, -0.2) is 0 Å². The van der Waals surface area contributed by atoms with Crippen LogP contribution < -0.4 is 10.6 Å². The van der Waals surface area contributed by atoms with Gasteiger partial charge >= 0.3 is 0 Å². The predicted molar refractivity (Wildman–Crippen MR) is 85.4 cm³/mol. The first-order valence-electron chi connectivity index (χ1n) is 8.13. The van der Waals surface area contributed by atoms with Gasteiger partial charge in [-0.3, -0.25) is 14.7 Å². The number of carbonyl (C=O) groups is 1. The van der Waals surface area contributed by atoms with Crippen molar-refractivity contribution < 1.29 is 4.79 Å². The monoisotopic (exact) mass is 295 g/mol. The quantitative estimate of drug-likeness (QED) is 0.558. The van der Waals surface area contributed by atoms with Crippen LogP contribution in [0.25, 0.3) is 0 Å². The van der Waals surface area contributed by atoms with E-state index in [0.717, 1.165) is 57.7 Å². The van der Waals surface area contributed by atoms with Gasteiger partial charge in [0.15, 0.2) is 5.96 Å². The molecule has 1 heterocycles. The lowest BCUT2D eigenvalue weighted by atomic mass is 10.3. The molecule has 21 heavy (non-hydrogen) atoms. The molecule has 1 saturated carbocycles. The summed E-state index contributed by atoms with van der Waals surface area (Å²) >= 11 is 0. The van der Waals surface area contributed by atoms with E-state index in [0.29, 0.717) is 6.04 Å². The average Bonchev–Trinajstić information content (AvgIpc) is 3.15. The summed E-state index contributed by atoms with van der Waals surface area (Å²) in [6.45, 7) is 12.3. The minimum Gasteiger partial charge on any atom is -0.357 e. The van der Waals surface area contributed by atoms with E-state index in [2.05, 4.69) is 34.4 Å². The minimum absolute atomic E-state index is 0.185. The number of amides is 1. The number of hydrogen-bond acceptors (Lipinski definition) is 3. The standard InChI is InChI=1S/C15H29N5O/c1-4-16-15(18-14-11-12(14)2)17-5-6-19-7-9-20(10-8-19)13(3)21/h12,14H,4-11H2,1-3H3,(H2,16,17,18). The van der Waals surface area contributed by atoms with Gasteiger partial charge in [0.25, 0.3) is 0 Å². The first-order valence-corrected chi connectivity index (χ1v) is 8.13. The van der Waals surface area contributed by atoms with Gasteiger partial charge in [0.05, 0.1) is 6.54 Å². The number of carbonyl (C=O) groups excluding carboxylic acids is 1. The lowest BCUT2D eigenvalue weighted by Crippen LogP contribution is -2.48. The Morgan fingerprint density at radius 2 is 1.95 bits per heavy atom. The van der Waals surface area contributed by atoms with E-state index in [1.165, 1.54) is 6.42 Å². The highest BCUT2D eigenvalue weighted by Gasteiger charge is 2.33. The summed E-state index contributed by atoms with van der Waals surface area (Å²) < 4.78 is 0. The first kappa shape index (κ1) is 16.1. The van der Waals surface area contributed by atoms with Crippen molar-refractivity contribution in [2.24, 2.45) is 10.9 Å². The SMILES string of the molecule is CCNC(=NCCN1CCN(C(C)=O)CC1)NC1CC1C. The van der Waals surface area contributed by atoms with Crippen molar-refractivity contribution in [1.82, 2.24) is 20.4 Å². The Bertz CT molecular complexity index is 376. The van der Waals surface area contributed by atoms with Gasteiger partial charge in [0.2, 0.25) is 5.91 Å². The smallest absolute Gasteiger partial charge is 0.219 e. The number of hydrogen-bond donors (Lipinski definition) is 2. The van der Waals surface area contributed by atoms with Crippen molar-refractivity contribution in [3.63, 3.8) is 0 Å². The van der Waals surface area contributed by atoms with Crippen LogP contribution in [0.2, 0.25) is 0 Å². The first-order chi connectivity index (χ1) is 10.1. The third-order valence-corrected chi connectivity index (χ3v) is 4.28. The van der Waals surface area contributed by atoms with E-state index in [1.54, 1.807) is 6.92 Å². The van der Waals surface area contributed by atoms with Crippen molar-refractivity contribution >= 4 is 11.9 Å². The van der Waals surface area contributed by atoms with E-state index >= 15 is 0 Å². The molecule has 2 aliphatic rings. The fourth-order valence-electron chi connectivity index (χ4n) is 2.61. The Balaban J connectivity index is 1.68. The zero-order valence-electron chi connectivity index (χ0n) is 13.6. The fraction of sp³-hybridized carbons (Fsp3) is 0.867. The van der Waals surface area contributed by atoms with Crippen LogP contribution in [-0.2, 0) is 4.79 Å². The molecule has 2 fully saturated rings. The van der Waals surface area contributed by atoms with Gasteiger partial charge < -0.3 is 15.5 Å². The number of nitrogens with one attached hydrogen (secondary N) is 2. The van der Waals surface area contributed by atoms with Crippen molar-refractivity contribution in [3.05, 3.63) is 0 Å². The van der Waals surface area contributed by atoms with Gasteiger partial charge in [0, 0.05) is 52.2 Å². The van der Waals surface area contributed by atoms with Gasteiger partial charge in [-0.2, -0.15) is 0 Å². The summed E-state index contributed by atoms with van der Waals surface area (Å²) in [5.74, 6) is 1.90. The fourth-order valence-corrected chi connectivity index (χ4v) is 2.61. The van der Waals surface area contributed by atoms with E-state index < -0.39 is 0 Å². The number of guanidine groups is 1. The maximum atomic E-state index is 11.3. The minimum atomic E-state index is 0.185. The molecule has 0 spiro atoms. The molecule has 0 bridgehead atoms. The maximum absolute atomic E-state index is 11.3. The van der Waals surface area contributed by atoms with Crippen LogP contribution in [0.5, 0.6) is 0 Å². The second-order valence-corrected chi connectivity index (χ2v) is 6.07. The Kier molecular flexibility index (Phi) is 5.85. The van der Waals surface area contributed by atoms with Crippen LogP contribution in [0, 0.1) is 5.92 Å². The molecule has 2 unspecified atom stereocenters. The topological polar surface area (TPSA) is 60.0 Å². The lowest BCUT2D eigenvalue weighted by Gasteiger charge is -2.33. The highest BCUT2D eigenvalue weighted by molar-refractivity contribution is 5.80. The number of nitrogens with zero attached hydrogens (tertiary/aromatic N) is 3. The molecule has 0 aromatic heterocycles. The molecule has 2 N–H and O–H groups in total. The van der Waals surface area contributed by atoms with Crippen molar-refractivity contribution in [1.29, 1.82) is 0 Å². The molecule has 0 aromatic rings. The molecule has 1 amide bonds. The van der Waals surface area contributed by atoms with Crippen LogP contribution in [0.4, 0.5) is 0 Å². The molecule has 2 rings (SSSR count). The Morgan fingerprint density at radius 1 is 1.29 bits per heavy atom. The number of rotatable bonds is 5. The summed E-state index contributed by atoms with van der Waals surface area (Å²) in [6.07, 6.45) is 1.25. The third-order valence-electron chi connectivity index (χ3n) is 4.28. The zero-order valence-corrected chi connectivity index (χ0v) is 13.6. The Morgan fingerprint density at radius 3 is 2.48 bits per heavy atom. The van der Waals surface area contributed by atoms with E-state index in [-0.39, 0.29) is 5.91 Å². The molecule has 0 radical (unpaired) electrons. The summed E-state index contributed by atoms with van der Waals surface area (Å²) in [6, 6.07) is 0.599. The maximum Gasteiger partial charge on any atom is 0.219 e. The second-order valence-electron chi connectivity index (χ2n) is 6.07. The summed E-state index contributed by atoms with van der Waals surface area (Å²) in [4.78, 5) is 20.2. The predicted octanol–water partition coefficient (Wildman–Crippen LogP) is 0.114. The lowest BCUT2D eigenvalue weighted by molar-refractivity contribution is -0.130. The molecule has 0 aromatic carbocycles. The van der Waals surface area contributed by atoms with Crippen molar-refractivity contribution in [2.45, 2.75) is 33.2 Å². The molecule has 6 heteroatoms. The van der Waals surface area contributed by atoms with E-state index in [9.17, 15) is 4.79 Å². The van der Waals surface area contributed by atoms with Gasteiger partial charge in [-0.1, -0.05) is 6.92 Å². The molecular weight excluding hydrogens is 266 g/mol. The number of piperazine rings is 1. The highest BCUT2D eigenvalue weighted by atomic mass is 16.2. The number of aliphatic imine (C=N–C) groups is 1. The van der Waals surface area contributed by atoms with Crippen LogP contribution in [0.15, 0.2) is 4.99 Å². The Hall–Kier alpha value is -1.30. The van der Waals surface area contributed by atoms with Gasteiger partial charge in [-0.15, -0.1) is 0 Å². The van der Waals surface area contributed by atoms with Gasteiger partial charge in [0.1, 0.15) is 0 Å². The van der Waals surface area contributed by atoms with Crippen LogP contribution in [-0.4, -0.2) is 73.5 Å². The zero-order chi connectivity index (χ0) is 15.2. The molecule has 1 aliphatic heterocycles. The normalized spacial score (nSPS) is 26.6. The van der Waals surface area contributed by atoms with Crippen LogP contribution in [0.1, 0.15) is 27.2 Å². The van der Waals surface area contributed by atoms with E-state index in [4.69, 9.17) is 0 Å². The molecule has 2 atom stereocenters. The summed E-state index contributed by atoms with van der Waals surface area (Å²) in [5.41, 5.74) is 0. The summed E-state index contributed by atoms with van der Waals surface area (Å²) in [7, 11) is 0. The van der Waals surface area contributed by atoms with Crippen LogP contribution >= 0.6 is 0 Å².